The lowest BCUT2D eigenvalue weighted by Crippen LogP contribution is -2.29. The van der Waals surface area contributed by atoms with Crippen LogP contribution in [0.5, 0.6) is 11.5 Å². The summed E-state index contributed by atoms with van der Waals surface area (Å²) in [5, 5.41) is 20.6. The van der Waals surface area contributed by atoms with E-state index in [0.29, 0.717) is 28.2 Å². The summed E-state index contributed by atoms with van der Waals surface area (Å²) in [4.78, 5) is 39.3. The third-order valence-corrected chi connectivity index (χ3v) is 6.34. The molecule has 1 aliphatic heterocycles. The fourth-order valence-electron chi connectivity index (χ4n) is 4.55. The normalized spacial score (nSPS) is 16.7. The monoisotopic (exact) mass is 515 g/mol. The van der Waals surface area contributed by atoms with Gasteiger partial charge in [0.05, 0.1) is 30.4 Å². The molecule has 0 aromatic heterocycles. The largest absolute Gasteiger partial charge is 0.507 e. The van der Waals surface area contributed by atoms with Gasteiger partial charge in [-0.2, -0.15) is 0 Å². The van der Waals surface area contributed by atoms with Gasteiger partial charge in [-0.25, -0.2) is 4.79 Å². The highest BCUT2D eigenvalue weighted by molar-refractivity contribution is 6.46. The summed E-state index contributed by atoms with van der Waals surface area (Å²) < 4.78 is 11.3. The Hall–Kier alpha value is -4.59. The van der Waals surface area contributed by atoms with Crippen molar-refractivity contribution in [2.45, 2.75) is 39.5 Å². The van der Waals surface area contributed by atoms with Crippen molar-refractivity contribution in [3.63, 3.8) is 0 Å². The first-order valence-corrected chi connectivity index (χ1v) is 12.1. The third kappa shape index (κ3) is 5.11. The molecule has 1 heterocycles. The molecular formula is C30H29NO7. The number of methoxy groups -OCH3 is 1. The standard InChI is InChI=1S/C30H29NO7/c1-17(2)38-23-14-13-21(15-18(23)3)27(32)25-26(22-7-5-6-8-24(22)37-4)31(29(34)28(25)33)16-19-9-11-20(12-10-19)30(35)36/h5-15,17,26,32H,16H2,1-4H3,(H,35,36)/b27-25+. The zero-order valence-corrected chi connectivity index (χ0v) is 21.6. The molecule has 0 radical (unpaired) electrons. The zero-order chi connectivity index (χ0) is 27.6. The summed E-state index contributed by atoms with van der Waals surface area (Å²) in [6.07, 6.45) is -0.0337. The van der Waals surface area contributed by atoms with E-state index >= 15 is 0 Å². The molecule has 0 spiro atoms. The van der Waals surface area contributed by atoms with Gasteiger partial charge < -0.3 is 24.6 Å². The molecule has 0 aliphatic carbocycles. The summed E-state index contributed by atoms with van der Waals surface area (Å²) in [7, 11) is 1.49. The van der Waals surface area contributed by atoms with Crippen molar-refractivity contribution in [1.29, 1.82) is 0 Å². The maximum atomic E-state index is 13.4. The fraction of sp³-hybridized carbons (Fsp3) is 0.233. The molecule has 196 valence electrons. The molecule has 3 aromatic rings. The summed E-state index contributed by atoms with van der Waals surface area (Å²) in [6, 6.07) is 17.2. The van der Waals surface area contributed by atoms with E-state index in [1.165, 1.54) is 24.1 Å². The van der Waals surface area contributed by atoms with Crippen LogP contribution in [-0.4, -0.2) is 46.0 Å². The first-order valence-electron chi connectivity index (χ1n) is 12.1. The molecule has 4 rings (SSSR count). The number of para-hydroxylation sites is 1. The molecule has 1 unspecified atom stereocenters. The summed E-state index contributed by atoms with van der Waals surface area (Å²) in [5.41, 5.74) is 2.36. The van der Waals surface area contributed by atoms with Crippen LogP contribution in [-0.2, 0) is 16.1 Å². The van der Waals surface area contributed by atoms with Gasteiger partial charge in [0, 0.05) is 17.7 Å². The number of Topliss-reactive ketones (excluding diaryl/α,β-unsaturated/α-hetero) is 1. The van der Waals surface area contributed by atoms with Crippen LogP contribution in [0.15, 0.2) is 72.3 Å². The van der Waals surface area contributed by atoms with Gasteiger partial charge in [0.15, 0.2) is 0 Å². The van der Waals surface area contributed by atoms with E-state index in [-0.39, 0.29) is 29.5 Å². The van der Waals surface area contributed by atoms with E-state index in [1.807, 2.05) is 20.8 Å². The van der Waals surface area contributed by atoms with Gasteiger partial charge in [-0.1, -0.05) is 30.3 Å². The number of ketones is 1. The molecule has 1 saturated heterocycles. The van der Waals surface area contributed by atoms with Crippen LogP contribution in [0.25, 0.3) is 5.76 Å². The van der Waals surface area contributed by atoms with Gasteiger partial charge in [-0.05, 0) is 68.3 Å². The molecule has 1 amide bonds. The number of nitrogens with zero attached hydrogens (tertiary/aromatic N) is 1. The number of rotatable bonds is 8. The number of aryl methyl sites for hydroxylation is 1. The second-order valence-corrected chi connectivity index (χ2v) is 9.32. The van der Waals surface area contributed by atoms with Crippen LogP contribution in [0.2, 0.25) is 0 Å². The van der Waals surface area contributed by atoms with Crippen LogP contribution in [0, 0.1) is 6.92 Å². The van der Waals surface area contributed by atoms with Crippen LogP contribution < -0.4 is 9.47 Å². The lowest BCUT2D eigenvalue weighted by Gasteiger charge is -2.26. The molecule has 1 atom stereocenters. The molecule has 0 saturated carbocycles. The number of likely N-dealkylation sites (tertiary alicyclic amines) is 1. The number of hydrogen-bond acceptors (Lipinski definition) is 6. The van der Waals surface area contributed by atoms with Crippen LogP contribution in [0.1, 0.15) is 52.5 Å². The maximum absolute atomic E-state index is 13.4. The van der Waals surface area contributed by atoms with Crippen LogP contribution in [0.3, 0.4) is 0 Å². The Bertz CT molecular complexity index is 1420. The van der Waals surface area contributed by atoms with Crippen molar-refractivity contribution in [3.05, 3.63) is 100 Å². The van der Waals surface area contributed by atoms with Gasteiger partial charge in [-0.3, -0.25) is 9.59 Å². The van der Waals surface area contributed by atoms with E-state index < -0.39 is 23.7 Å². The number of ether oxygens (including phenoxy) is 2. The molecule has 1 fully saturated rings. The zero-order valence-electron chi connectivity index (χ0n) is 21.6. The van der Waals surface area contributed by atoms with Gasteiger partial charge in [-0.15, -0.1) is 0 Å². The van der Waals surface area contributed by atoms with Gasteiger partial charge >= 0.3 is 5.97 Å². The molecule has 8 heteroatoms. The number of hydrogen-bond donors (Lipinski definition) is 2. The summed E-state index contributed by atoms with van der Waals surface area (Å²) in [5.74, 6) is -1.85. The van der Waals surface area contributed by atoms with E-state index in [9.17, 15) is 24.6 Å². The Labute approximate surface area is 220 Å². The van der Waals surface area contributed by atoms with E-state index in [4.69, 9.17) is 9.47 Å². The topological polar surface area (TPSA) is 113 Å². The molecule has 3 aromatic carbocycles. The van der Waals surface area contributed by atoms with Crippen molar-refractivity contribution in [3.8, 4) is 11.5 Å². The minimum absolute atomic E-state index is 0.0180. The quantitative estimate of drug-likeness (QED) is 0.243. The number of carbonyl (C=O) groups excluding carboxylic acids is 2. The third-order valence-electron chi connectivity index (χ3n) is 6.34. The molecule has 2 N–H and O–H groups in total. The van der Waals surface area contributed by atoms with Crippen molar-refractivity contribution < 1.29 is 34.1 Å². The predicted molar refractivity (Wildman–Crippen MR) is 141 cm³/mol. The molecular weight excluding hydrogens is 486 g/mol. The molecule has 38 heavy (non-hydrogen) atoms. The second-order valence-electron chi connectivity index (χ2n) is 9.32. The van der Waals surface area contributed by atoms with Gasteiger partial charge in [0.1, 0.15) is 17.3 Å². The number of benzene rings is 3. The smallest absolute Gasteiger partial charge is 0.335 e. The van der Waals surface area contributed by atoms with Crippen molar-refractivity contribution in [2.75, 3.05) is 7.11 Å². The van der Waals surface area contributed by atoms with E-state index in [1.54, 1.807) is 54.6 Å². The highest BCUT2D eigenvalue weighted by Crippen LogP contribution is 2.43. The van der Waals surface area contributed by atoms with Crippen molar-refractivity contribution in [1.82, 2.24) is 4.90 Å². The number of aliphatic hydroxyl groups is 1. The van der Waals surface area contributed by atoms with Gasteiger partial charge in [0.25, 0.3) is 11.7 Å². The minimum atomic E-state index is -1.06. The Morgan fingerprint density at radius 2 is 1.61 bits per heavy atom. The average molecular weight is 516 g/mol. The Balaban J connectivity index is 1.84. The summed E-state index contributed by atoms with van der Waals surface area (Å²) >= 11 is 0. The number of carboxylic acid groups (broad SMARTS) is 1. The van der Waals surface area contributed by atoms with Crippen LogP contribution in [0.4, 0.5) is 0 Å². The maximum Gasteiger partial charge on any atom is 0.335 e. The van der Waals surface area contributed by atoms with Crippen LogP contribution >= 0.6 is 0 Å². The molecule has 0 bridgehead atoms. The van der Waals surface area contributed by atoms with E-state index in [2.05, 4.69) is 0 Å². The molecule has 8 nitrogen and oxygen atoms in total. The lowest BCUT2D eigenvalue weighted by molar-refractivity contribution is -0.140. The second kappa shape index (κ2) is 10.8. The lowest BCUT2D eigenvalue weighted by atomic mass is 9.94. The summed E-state index contributed by atoms with van der Waals surface area (Å²) in [6.45, 7) is 5.68. The fourth-order valence-corrected chi connectivity index (χ4v) is 4.55. The molecule has 1 aliphatic rings. The number of carboxylic acids is 1. The highest BCUT2D eigenvalue weighted by Gasteiger charge is 2.47. The van der Waals surface area contributed by atoms with Gasteiger partial charge in [0.2, 0.25) is 0 Å². The first-order chi connectivity index (χ1) is 18.1. The number of aliphatic hydroxyl groups excluding tert-OH is 1. The number of aromatic carboxylic acids is 1. The predicted octanol–water partition coefficient (Wildman–Crippen LogP) is 5.11. The SMILES string of the molecule is COc1ccccc1C1/C(=C(\O)c2ccc(OC(C)C)c(C)c2)C(=O)C(=O)N1Cc1ccc(C(=O)O)cc1. The van der Waals surface area contributed by atoms with Crippen molar-refractivity contribution in [2.24, 2.45) is 0 Å². The Kier molecular flexibility index (Phi) is 7.52. The Morgan fingerprint density at radius 3 is 2.21 bits per heavy atom. The van der Waals surface area contributed by atoms with Crippen molar-refractivity contribution >= 4 is 23.4 Å². The minimum Gasteiger partial charge on any atom is -0.507 e. The number of amides is 1. The average Bonchev–Trinajstić information content (AvgIpc) is 3.14. The van der Waals surface area contributed by atoms with E-state index in [0.717, 1.165) is 5.56 Å². The first kappa shape index (κ1) is 26.5. The highest BCUT2D eigenvalue weighted by atomic mass is 16.5. The number of carbonyl (C=O) groups is 3. The Morgan fingerprint density at radius 1 is 0.947 bits per heavy atom.